The lowest BCUT2D eigenvalue weighted by Crippen LogP contribution is -2.24. The SMILES string of the molecule is Cc1cc(C(F)(F)F)n2ncc(C(=O)NCc3n[nH]c4c3CCCCC4)c2n1. The van der Waals surface area contributed by atoms with Crippen LogP contribution in [0.4, 0.5) is 13.2 Å². The van der Waals surface area contributed by atoms with Gasteiger partial charge in [0, 0.05) is 11.4 Å². The van der Waals surface area contributed by atoms with E-state index in [0.717, 1.165) is 61.3 Å². The summed E-state index contributed by atoms with van der Waals surface area (Å²) in [5.74, 6) is -0.536. The second-order valence-electron chi connectivity index (χ2n) is 6.94. The monoisotopic (exact) mass is 392 g/mol. The van der Waals surface area contributed by atoms with Crippen molar-refractivity contribution in [2.45, 2.75) is 51.7 Å². The van der Waals surface area contributed by atoms with Crippen LogP contribution in [0.2, 0.25) is 0 Å². The van der Waals surface area contributed by atoms with E-state index in [1.807, 2.05) is 0 Å². The number of alkyl halides is 3. The molecule has 0 atom stereocenters. The first kappa shape index (κ1) is 18.5. The van der Waals surface area contributed by atoms with Crippen LogP contribution >= 0.6 is 0 Å². The smallest absolute Gasteiger partial charge is 0.346 e. The highest BCUT2D eigenvalue weighted by Gasteiger charge is 2.35. The first-order chi connectivity index (χ1) is 13.3. The average molecular weight is 392 g/mol. The number of aryl methyl sites for hydroxylation is 2. The molecule has 0 unspecified atom stereocenters. The van der Waals surface area contributed by atoms with E-state index in [2.05, 4.69) is 25.6 Å². The molecule has 0 aromatic carbocycles. The minimum absolute atomic E-state index is 0.00387. The highest BCUT2D eigenvalue weighted by molar-refractivity contribution is 5.99. The van der Waals surface area contributed by atoms with Gasteiger partial charge < -0.3 is 5.32 Å². The maximum atomic E-state index is 13.2. The van der Waals surface area contributed by atoms with Crippen LogP contribution in [0.15, 0.2) is 12.3 Å². The largest absolute Gasteiger partial charge is 0.433 e. The number of aromatic nitrogens is 5. The summed E-state index contributed by atoms with van der Waals surface area (Å²) in [5, 5.41) is 13.8. The van der Waals surface area contributed by atoms with E-state index in [-0.39, 0.29) is 23.4 Å². The number of H-pyrrole nitrogens is 1. The van der Waals surface area contributed by atoms with Crippen LogP contribution in [0.1, 0.15) is 58.0 Å². The fourth-order valence-electron chi connectivity index (χ4n) is 3.58. The summed E-state index contributed by atoms with van der Waals surface area (Å²) in [6.45, 7) is 1.64. The van der Waals surface area contributed by atoms with Crippen molar-refractivity contribution < 1.29 is 18.0 Å². The summed E-state index contributed by atoms with van der Waals surface area (Å²) in [4.78, 5) is 16.7. The zero-order valence-electron chi connectivity index (χ0n) is 15.2. The first-order valence-corrected chi connectivity index (χ1v) is 9.10. The Hall–Kier alpha value is -2.91. The number of hydrogen-bond acceptors (Lipinski definition) is 4. The number of nitrogens with one attached hydrogen (secondary N) is 2. The molecule has 3 aromatic rings. The second-order valence-corrected chi connectivity index (χ2v) is 6.94. The van der Waals surface area contributed by atoms with E-state index in [1.54, 1.807) is 0 Å². The number of fused-ring (bicyclic) bond motifs is 2. The molecule has 0 fully saturated rings. The zero-order chi connectivity index (χ0) is 19.9. The van der Waals surface area contributed by atoms with E-state index in [4.69, 9.17) is 0 Å². The average Bonchev–Trinajstić information content (AvgIpc) is 3.14. The Balaban J connectivity index is 1.59. The van der Waals surface area contributed by atoms with E-state index < -0.39 is 17.8 Å². The summed E-state index contributed by atoms with van der Waals surface area (Å²) in [7, 11) is 0. The molecule has 0 spiro atoms. The summed E-state index contributed by atoms with van der Waals surface area (Å²) in [5.41, 5.74) is 2.07. The number of hydrogen-bond donors (Lipinski definition) is 2. The molecule has 0 aliphatic heterocycles. The molecule has 0 bridgehead atoms. The van der Waals surface area contributed by atoms with Crippen molar-refractivity contribution in [2.24, 2.45) is 0 Å². The van der Waals surface area contributed by atoms with Gasteiger partial charge in [-0.3, -0.25) is 9.89 Å². The molecule has 1 aliphatic carbocycles. The van der Waals surface area contributed by atoms with Gasteiger partial charge in [0.05, 0.1) is 18.4 Å². The molecule has 0 radical (unpaired) electrons. The summed E-state index contributed by atoms with van der Waals surface area (Å²) in [6.07, 6.45) is 1.69. The highest BCUT2D eigenvalue weighted by Crippen LogP contribution is 2.30. The summed E-state index contributed by atoms with van der Waals surface area (Å²) >= 11 is 0. The van der Waals surface area contributed by atoms with Crippen molar-refractivity contribution in [2.75, 3.05) is 0 Å². The summed E-state index contributed by atoms with van der Waals surface area (Å²) in [6, 6.07) is 0.903. The molecule has 4 rings (SSSR count). The molecular formula is C18H19F3N6O. The van der Waals surface area contributed by atoms with E-state index in [1.165, 1.54) is 6.92 Å². The minimum atomic E-state index is -4.60. The first-order valence-electron chi connectivity index (χ1n) is 9.10. The standard InChI is InChI=1S/C18H19F3N6O/c1-10-7-15(18(19,20)21)27-16(24-10)12(8-23-27)17(28)22-9-14-11-5-3-2-4-6-13(11)25-26-14/h7-8H,2-6,9H2,1H3,(H,22,28)(H,25,26). The molecule has 2 N–H and O–H groups in total. The number of carbonyl (C=O) groups excluding carboxylic acids is 1. The van der Waals surface area contributed by atoms with Crippen LogP contribution in [0.3, 0.4) is 0 Å². The van der Waals surface area contributed by atoms with Gasteiger partial charge >= 0.3 is 6.18 Å². The van der Waals surface area contributed by atoms with Gasteiger partial charge in [0.15, 0.2) is 5.65 Å². The number of aromatic amines is 1. The minimum Gasteiger partial charge on any atom is -0.346 e. The Morgan fingerprint density at radius 1 is 1.29 bits per heavy atom. The van der Waals surface area contributed by atoms with Gasteiger partial charge in [0.1, 0.15) is 11.3 Å². The molecular weight excluding hydrogens is 373 g/mol. The van der Waals surface area contributed by atoms with E-state index in [0.29, 0.717) is 4.52 Å². The Labute approximate surface area is 158 Å². The summed E-state index contributed by atoms with van der Waals surface area (Å²) < 4.78 is 40.4. The Kier molecular flexibility index (Phi) is 4.56. The Morgan fingerprint density at radius 2 is 2.07 bits per heavy atom. The topological polar surface area (TPSA) is 88.0 Å². The van der Waals surface area contributed by atoms with Crippen LogP contribution in [0.25, 0.3) is 5.65 Å². The number of rotatable bonds is 3. The molecule has 1 amide bonds. The number of halogens is 3. The van der Waals surface area contributed by atoms with Crippen molar-refractivity contribution in [3.63, 3.8) is 0 Å². The van der Waals surface area contributed by atoms with Crippen LogP contribution in [-0.2, 0) is 25.6 Å². The van der Waals surface area contributed by atoms with Gasteiger partial charge in [-0.15, -0.1) is 0 Å². The lowest BCUT2D eigenvalue weighted by atomic mass is 10.1. The van der Waals surface area contributed by atoms with Gasteiger partial charge in [-0.1, -0.05) is 6.42 Å². The fourth-order valence-corrected chi connectivity index (χ4v) is 3.58. The highest BCUT2D eigenvalue weighted by atomic mass is 19.4. The van der Waals surface area contributed by atoms with Gasteiger partial charge in [0.25, 0.3) is 5.91 Å². The lowest BCUT2D eigenvalue weighted by Gasteiger charge is -2.10. The normalized spacial score (nSPS) is 14.7. The molecule has 3 heterocycles. The van der Waals surface area contributed by atoms with Crippen molar-refractivity contribution >= 4 is 11.6 Å². The van der Waals surface area contributed by atoms with Crippen LogP contribution < -0.4 is 5.32 Å². The molecule has 28 heavy (non-hydrogen) atoms. The van der Waals surface area contributed by atoms with Crippen molar-refractivity contribution in [3.05, 3.63) is 46.2 Å². The third kappa shape index (κ3) is 3.34. The number of amides is 1. The van der Waals surface area contributed by atoms with Gasteiger partial charge in [0.2, 0.25) is 0 Å². The van der Waals surface area contributed by atoms with Crippen LogP contribution in [0.5, 0.6) is 0 Å². The Bertz CT molecular complexity index is 1040. The van der Waals surface area contributed by atoms with Crippen LogP contribution in [0, 0.1) is 6.92 Å². The number of carbonyl (C=O) groups is 1. The Morgan fingerprint density at radius 3 is 2.86 bits per heavy atom. The molecule has 1 aliphatic rings. The van der Waals surface area contributed by atoms with Gasteiger partial charge in [-0.05, 0) is 44.2 Å². The second kappa shape index (κ2) is 6.92. The maximum absolute atomic E-state index is 13.2. The van der Waals surface area contributed by atoms with E-state index >= 15 is 0 Å². The molecule has 3 aromatic heterocycles. The molecule has 148 valence electrons. The third-order valence-corrected chi connectivity index (χ3v) is 4.94. The third-order valence-electron chi connectivity index (χ3n) is 4.94. The molecule has 0 saturated carbocycles. The quantitative estimate of drug-likeness (QED) is 0.671. The van der Waals surface area contributed by atoms with Crippen molar-refractivity contribution in [1.82, 2.24) is 30.1 Å². The molecule has 7 nitrogen and oxygen atoms in total. The predicted molar refractivity (Wildman–Crippen MR) is 93.7 cm³/mol. The van der Waals surface area contributed by atoms with Gasteiger partial charge in [-0.2, -0.15) is 23.4 Å². The van der Waals surface area contributed by atoms with Crippen LogP contribution in [-0.4, -0.2) is 30.7 Å². The zero-order valence-corrected chi connectivity index (χ0v) is 15.2. The fraction of sp³-hybridized carbons (Fsp3) is 0.444. The maximum Gasteiger partial charge on any atom is 0.433 e. The predicted octanol–water partition coefficient (Wildman–Crippen LogP) is 2.98. The van der Waals surface area contributed by atoms with Crippen molar-refractivity contribution in [1.29, 1.82) is 0 Å². The van der Waals surface area contributed by atoms with Gasteiger partial charge in [-0.25, -0.2) is 9.50 Å². The molecule has 10 heteroatoms. The number of nitrogens with zero attached hydrogens (tertiary/aromatic N) is 4. The van der Waals surface area contributed by atoms with E-state index in [9.17, 15) is 18.0 Å². The molecule has 0 saturated heterocycles. The lowest BCUT2D eigenvalue weighted by molar-refractivity contribution is -0.142. The van der Waals surface area contributed by atoms with Crippen molar-refractivity contribution in [3.8, 4) is 0 Å².